The number of benzene rings is 1. The fourth-order valence-corrected chi connectivity index (χ4v) is 2.10. The summed E-state index contributed by atoms with van der Waals surface area (Å²) >= 11 is 0. The molecule has 0 aromatic heterocycles. The van der Waals surface area contributed by atoms with E-state index >= 15 is 0 Å². The van der Waals surface area contributed by atoms with Crippen LogP contribution in [0.4, 0.5) is 11.4 Å². The normalized spacial score (nSPS) is 20.2. The molecule has 4 heteroatoms. The van der Waals surface area contributed by atoms with E-state index in [-0.39, 0.29) is 17.7 Å². The van der Waals surface area contributed by atoms with Gasteiger partial charge in [0.2, 0.25) is 11.8 Å². The number of nitrogens with zero attached hydrogens (tertiary/aromatic N) is 1. The maximum absolute atomic E-state index is 11.9. The first-order valence-electron chi connectivity index (χ1n) is 5.65. The number of nitrogens with two attached hydrogens (primary N) is 1. The molecule has 1 unspecified atom stereocenters. The molecule has 1 fully saturated rings. The minimum Gasteiger partial charge on any atom is -0.399 e. The van der Waals surface area contributed by atoms with Gasteiger partial charge >= 0.3 is 0 Å². The third kappa shape index (κ3) is 1.79. The number of rotatable bonds is 1. The number of carbonyl (C=O) groups is 2. The number of nitrogen functional groups attached to an aromatic ring is 1. The van der Waals surface area contributed by atoms with Gasteiger partial charge in [-0.3, -0.25) is 14.5 Å². The highest BCUT2D eigenvalue weighted by atomic mass is 16.2. The Balaban J connectivity index is 2.51. The molecule has 1 aromatic carbocycles. The molecule has 1 atom stereocenters. The van der Waals surface area contributed by atoms with Crippen LogP contribution in [0.25, 0.3) is 0 Å². The van der Waals surface area contributed by atoms with Gasteiger partial charge in [-0.05, 0) is 37.1 Å². The highest BCUT2D eigenvalue weighted by Crippen LogP contribution is 2.31. The molecule has 0 bridgehead atoms. The molecule has 90 valence electrons. The number of hydrogen-bond acceptors (Lipinski definition) is 3. The molecule has 0 spiro atoms. The van der Waals surface area contributed by atoms with Crippen LogP contribution in [0.15, 0.2) is 12.1 Å². The van der Waals surface area contributed by atoms with Crippen molar-refractivity contribution in [2.45, 2.75) is 27.2 Å². The minimum atomic E-state index is -0.222. The van der Waals surface area contributed by atoms with Crippen molar-refractivity contribution in [3.63, 3.8) is 0 Å². The van der Waals surface area contributed by atoms with E-state index in [1.54, 1.807) is 19.1 Å². The molecule has 2 amide bonds. The lowest BCUT2D eigenvalue weighted by molar-refractivity contribution is -0.122. The van der Waals surface area contributed by atoms with Crippen molar-refractivity contribution >= 4 is 23.2 Å². The molecule has 1 saturated heterocycles. The highest BCUT2D eigenvalue weighted by Gasteiger charge is 2.37. The summed E-state index contributed by atoms with van der Waals surface area (Å²) in [6, 6.07) is 3.60. The lowest BCUT2D eigenvalue weighted by Crippen LogP contribution is -2.30. The molecular weight excluding hydrogens is 216 g/mol. The summed E-state index contributed by atoms with van der Waals surface area (Å²) in [6.07, 6.45) is 0.293. The van der Waals surface area contributed by atoms with Crippen LogP contribution in [0.1, 0.15) is 24.5 Å². The Labute approximate surface area is 100 Å². The Morgan fingerprint density at radius 2 is 1.88 bits per heavy atom. The Kier molecular flexibility index (Phi) is 2.65. The Bertz CT molecular complexity index is 508. The molecule has 2 N–H and O–H groups in total. The summed E-state index contributed by atoms with van der Waals surface area (Å²) in [5.74, 6) is -0.475. The van der Waals surface area contributed by atoms with E-state index in [4.69, 9.17) is 5.73 Å². The fraction of sp³-hybridized carbons (Fsp3) is 0.385. The smallest absolute Gasteiger partial charge is 0.237 e. The summed E-state index contributed by atoms with van der Waals surface area (Å²) < 4.78 is 0. The van der Waals surface area contributed by atoms with E-state index in [9.17, 15) is 9.59 Å². The number of aryl methyl sites for hydroxylation is 2. The first kappa shape index (κ1) is 11.6. The van der Waals surface area contributed by atoms with Gasteiger partial charge in [0.15, 0.2) is 0 Å². The van der Waals surface area contributed by atoms with Crippen molar-refractivity contribution in [1.29, 1.82) is 0 Å². The average molecular weight is 232 g/mol. The van der Waals surface area contributed by atoms with E-state index in [1.807, 2.05) is 13.8 Å². The minimum absolute atomic E-state index is 0.123. The summed E-state index contributed by atoms with van der Waals surface area (Å²) in [6.45, 7) is 5.50. The quantitative estimate of drug-likeness (QED) is 0.593. The maximum Gasteiger partial charge on any atom is 0.237 e. The maximum atomic E-state index is 11.9. The van der Waals surface area contributed by atoms with Gasteiger partial charge in [-0.15, -0.1) is 0 Å². The zero-order chi connectivity index (χ0) is 12.7. The lowest BCUT2D eigenvalue weighted by Gasteiger charge is -2.18. The van der Waals surface area contributed by atoms with Crippen molar-refractivity contribution in [3.8, 4) is 0 Å². The first-order valence-corrected chi connectivity index (χ1v) is 5.65. The van der Waals surface area contributed by atoms with Crippen LogP contribution in [0.5, 0.6) is 0 Å². The predicted molar refractivity (Wildman–Crippen MR) is 66.6 cm³/mol. The summed E-state index contributed by atoms with van der Waals surface area (Å²) in [4.78, 5) is 25.0. The predicted octanol–water partition coefficient (Wildman–Crippen LogP) is 1.79. The second-order valence-corrected chi connectivity index (χ2v) is 4.67. The van der Waals surface area contributed by atoms with Crippen molar-refractivity contribution in [2.75, 3.05) is 10.6 Å². The summed E-state index contributed by atoms with van der Waals surface area (Å²) in [7, 11) is 0. The van der Waals surface area contributed by atoms with Gasteiger partial charge in [0, 0.05) is 18.0 Å². The molecule has 0 aliphatic carbocycles. The van der Waals surface area contributed by atoms with Crippen LogP contribution in [-0.2, 0) is 9.59 Å². The van der Waals surface area contributed by atoms with Gasteiger partial charge in [0.25, 0.3) is 0 Å². The molecule has 1 aliphatic heterocycles. The van der Waals surface area contributed by atoms with Crippen molar-refractivity contribution in [3.05, 3.63) is 23.3 Å². The molecule has 2 rings (SSSR count). The number of hydrogen-bond donors (Lipinski definition) is 1. The van der Waals surface area contributed by atoms with Gasteiger partial charge in [-0.2, -0.15) is 0 Å². The standard InChI is InChI=1S/C13H16N2O2/c1-7-5-11(8(2)4-10(7)14)15-12(16)6-9(3)13(15)17/h4-5,9H,6,14H2,1-3H3. The van der Waals surface area contributed by atoms with Crippen molar-refractivity contribution in [2.24, 2.45) is 5.92 Å². The van der Waals surface area contributed by atoms with Crippen LogP contribution in [0.3, 0.4) is 0 Å². The molecule has 1 aliphatic rings. The van der Waals surface area contributed by atoms with E-state index in [2.05, 4.69) is 0 Å². The SMILES string of the molecule is Cc1cc(N2C(=O)CC(C)C2=O)c(C)cc1N. The van der Waals surface area contributed by atoms with Gasteiger partial charge < -0.3 is 5.73 Å². The lowest BCUT2D eigenvalue weighted by atomic mass is 10.1. The topological polar surface area (TPSA) is 63.4 Å². The van der Waals surface area contributed by atoms with Crippen LogP contribution < -0.4 is 10.6 Å². The van der Waals surface area contributed by atoms with Crippen LogP contribution >= 0.6 is 0 Å². The van der Waals surface area contributed by atoms with Gasteiger partial charge in [-0.25, -0.2) is 0 Å². The summed E-state index contributed by atoms with van der Waals surface area (Å²) in [5, 5.41) is 0. The molecule has 0 radical (unpaired) electrons. The largest absolute Gasteiger partial charge is 0.399 e. The third-order valence-electron chi connectivity index (χ3n) is 3.20. The van der Waals surface area contributed by atoms with E-state index < -0.39 is 0 Å². The Morgan fingerprint density at radius 3 is 2.41 bits per heavy atom. The van der Waals surface area contributed by atoms with Crippen molar-refractivity contribution in [1.82, 2.24) is 0 Å². The molecular formula is C13H16N2O2. The molecule has 1 aromatic rings. The van der Waals surface area contributed by atoms with Crippen LogP contribution in [0, 0.1) is 19.8 Å². The fourth-order valence-electron chi connectivity index (χ4n) is 2.10. The zero-order valence-electron chi connectivity index (χ0n) is 10.3. The van der Waals surface area contributed by atoms with E-state index in [0.717, 1.165) is 11.1 Å². The highest BCUT2D eigenvalue weighted by molar-refractivity contribution is 6.21. The second kappa shape index (κ2) is 3.87. The Hall–Kier alpha value is -1.84. The Morgan fingerprint density at radius 1 is 1.24 bits per heavy atom. The monoisotopic (exact) mass is 232 g/mol. The van der Waals surface area contributed by atoms with E-state index in [0.29, 0.717) is 17.8 Å². The number of amides is 2. The second-order valence-electron chi connectivity index (χ2n) is 4.67. The van der Waals surface area contributed by atoms with Crippen molar-refractivity contribution < 1.29 is 9.59 Å². The van der Waals surface area contributed by atoms with Gasteiger partial charge in [0.05, 0.1) is 5.69 Å². The molecule has 1 heterocycles. The van der Waals surface area contributed by atoms with Crippen LogP contribution in [0.2, 0.25) is 0 Å². The third-order valence-corrected chi connectivity index (χ3v) is 3.20. The number of carbonyl (C=O) groups excluding carboxylic acids is 2. The van der Waals surface area contributed by atoms with Crippen LogP contribution in [-0.4, -0.2) is 11.8 Å². The summed E-state index contributed by atoms with van der Waals surface area (Å²) in [5.41, 5.74) is 8.87. The van der Waals surface area contributed by atoms with Gasteiger partial charge in [0.1, 0.15) is 0 Å². The average Bonchev–Trinajstić information content (AvgIpc) is 2.48. The zero-order valence-corrected chi connectivity index (χ0v) is 10.3. The van der Waals surface area contributed by atoms with Gasteiger partial charge in [-0.1, -0.05) is 6.92 Å². The first-order chi connectivity index (χ1) is 7.91. The number of anilines is 2. The number of imide groups is 1. The molecule has 17 heavy (non-hydrogen) atoms. The molecule has 0 saturated carbocycles. The van der Waals surface area contributed by atoms with E-state index in [1.165, 1.54) is 4.90 Å². The molecule has 4 nitrogen and oxygen atoms in total.